The number of amides is 1. The summed E-state index contributed by atoms with van der Waals surface area (Å²) in [6.07, 6.45) is 3.12. The van der Waals surface area contributed by atoms with Gasteiger partial charge in [-0.1, -0.05) is 18.6 Å². The van der Waals surface area contributed by atoms with Gasteiger partial charge in [0.25, 0.3) is 5.69 Å². The van der Waals surface area contributed by atoms with Crippen molar-refractivity contribution in [3.8, 4) is 0 Å². The summed E-state index contributed by atoms with van der Waals surface area (Å²) in [5.74, 6) is -1.58. The van der Waals surface area contributed by atoms with Gasteiger partial charge in [-0.25, -0.2) is 0 Å². The highest BCUT2D eigenvalue weighted by atomic mass is 16.6. The number of hydrogen-bond acceptors (Lipinski definition) is 4. The van der Waals surface area contributed by atoms with Gasteiger partial charge in [-0.15, -0.1) is 0 Å². The number of aliphatic carboxylic acids is 1. The fraction of sp³-hybridized carbons (Fsp3) is 0.500. The van der Waals surface area contributed by atoms with Gasteiger partial charge in [0.2, 0.25) is 5.91 Å². The number of hydrogen-bond donors (Lipinski definition) is 2. The lowest BCUT2D eigenvalue weighted by Crippen LogP contribution is -2.36. The largest absolute Gasteiger partial charge is 0.481 e. The number of nitro benzene ring substituents is 1. The minimum atomic E-state index is -0.826. The molecular weight excluding hydrogens is 300 g/mol. The van der Waals surface area contributed by atoms with Crippen molar-refractivity contribution in [2.75, 3.05) is 6.54 Å². The van der Waals surface area contributed by atoms with Crippen molar-refractivity contribution in [2.45, 2.75) is 32.1 Å². The van der Waals surface area contributed by atoms with Crippen LogP contribution >= 0.6 is 0 Å². The van der Waals surface area contributed by atoms with Crippen molar-refractivity contribution in [1.29, 1.82) is 0 Å². The standard InChI is InChI=1S/C16H20N2O5/c19-15(12-2-1-3-13(10-12)16(20)21)17-9-8-11-4-6-14(7-5-11)18(22)23/h4-7,12-13H,1-3,8-10H2,(H,17,19)(H,20,21). The first-order valence-corrected chi connectivity index (χ1v) is 7.71. The smallest absolute Gasteiger partial charge is 0.306 e. The zero-order valence-electron chi connectivity index (χ0n) is 12.7. The maximum atomic E-state index is 12.1. The van der Waals surface area contributed by atoms with Crippen molar-refractivity contribution in [2.24, 2.45) is 11.8 Å². The maximum Gasteiger partial charge on any atom is 0.306 e. The van der Waals surface area contributed by atoms with Crippen LogP contribution in [-0.4, -0.2) is 28.5 Å². The van der Waals surface area contributed by atoms with E-state index in [1.807, 2.05) is 0 Å². The van der Waals surface area contributed by atoms with Crippen LogP contribution < -0.4 is 5.32 Å². The Hall–Kier alpha value is -2.44. The summed E-state index contributed by atoms with van der Waals surface area (Å²) in [7, 11) is 0. The second-order valence-corrected chi connectivity index (χ2v) is 5.86. The van der Waals surface area contributed by atoms with Gasteiger partial charge in [0.05, 0.1) is 10.8 Å². The minimum Gasteiger partial charge on any atom is -0.481 e. The molecule has 1 fully saturated rings. The molecule has 2 unspecified atom stereocenters. The summed E-state index contributed by atoms with van der Waals surface area (Å²) in [5, 5.41) is 22.4. The lowest BCUT2D eigenvalue weighted by atomic mass is 9.81. The molecule has 0 saturated heterocycles. The molecule has 2 atom stereocenters. The third kappa shape index (κ3) is 4.77. The molecule has 0 bridgehead atoms. The van der Waals surface area contributed by atoms with Crippen LogP contribution in [0, 0.1) is 22.0 Å². The van der Waals surface area contributed by atoms with Gasteiger partial charge in [-0.2, -0.15) is 0 Å². The summed E-state index contributed by atoms with van der Waals surface area (Å²) in [5.41, 5.74) is 0.947. The molecule has 1 saturated carbocycles. The molecule has 7 heteroatoms. The molecule has 1 aromatic carbocycles. The molecule has 1 aliphatic carbocycles. The molecule has 0 spiro atoms. The van der Waals surface area contributed by atoms with E-state index in [-0.39, 0.29) is 17.5 Å². The molecule has 1 aliphatic rings. The summed E-state index contributed by atoms with van der Waals surface area (Å²) < 4.78 is 0. The topological polar surface area (TPSA) is 110 Å². The van der Waals surface area contributed by atoms with E-state index < -0.39 is 16.8 Å². The Balaban J connectivity index is 1.78. The lowest BCUT2D eigenvalue weighted by molar-refractivity contribution is -0.384. The van der Waals surface area contributed by atoms with Gasteiger partial charge in [0.15, 0.2) is 0 Å². The van der Waals surface area contributed by atoms with E-state index >= 15 is 0 Å². The molecule has 0 radical (unpaired) electrons. The number of non-ortho nitro benzene ring substituents is 1. The molecule has 0 aliphatic heterocycles. The number of carbonyl (C=O) groups is 2. The fourth-order valence-electron chi connectivity index (χ4n) is 2.91. The highest BCUT2D eigenvalue weighted by Crippen LogP contribution is 2.29. The maximum absolute atomic E-state index is 12.1. The predicted molar refractivity (Wildman–Crippen MR) is 82.9 cm³/mol. The Kier molecular flexibility index (Phi) is 5.67. The molecular formula is C16H20N2O5. The molecule has 1 amide bonds. The van der Waals surface area contributed by atoms with E-state index in [9.17, 15) is 19.7 Å². The Bertz CT molecular complexity index is 585. The van der Waals surface area contributed by atoms with E-state index in [2.05, 4.69) is 5.32 Å². The van der Waals surface area contributed by atoms with Crippen LogP contribution in [0.1, 0.15) is 31.2 Å². The Morgan fingerprint density at radius 1 is 1.22 bits per heavy atom. The lowest BCUT2D eigenvalue weighted by Gasteiger charge is -2.25. The van der Waals surface area contributed by atoms with Gasteiger partial charge >= 0.3 is 5.97 Å². The van der Waals surface area contributed by atoms with Gasteiger partial charge in [0.1, 0.15) is 0 Å². The monoisotopic (exact) mass is 320 g/mol. The number of carboxylic acids is 1. The van der Waals surface area contributed by atoms with Gasteiger partial charge < -0.3 is 10.4 Å². The van der Waals surface area contributed by atoms with Gasteiger partial charge in [-0.05, 0) is 31.2 Å². The Morgan fingerprint density at radius 3 is 2.48 bits per heavy atom. The predicted octanol–water partition coefficient (Wildman–Crippen LogP) is 2.14. The third-order valence-electron chi connectivity index (χ3n) is 4.25. The highest BCUT2D eigenvalue weighted by molar-refractivity contribution is 5.80. The highest BCUT2D eigenvalue weighted by Gasteiger charge is 2.30. The normalized spacial score (nSPS) is 20.7. The van der Waals surface area contributed by atoms with Crippen molar-refractivity contribution in [3.63, 3.8) is 0 Å². The first kappa shape index (κ1) is 16.9. The SMILES string of the molecule is O=C(O)C1CCCC(C(=O)NCCc2ccc([N+](=O)[O-])cc2)C1. The molecule has 7 nitrogen and oxygen atoms in total. The van der Waals surface area contributed by atoms with Crippen LogP contribution in [0.3, 0.4) is 0 Å². The van der Waals surface area contributed by atoms with Crippen LogP contribution in [0.15, 0.2) is 24.3 Å². The average molecular weight is 320 g/mol. The average Bonchev–Trinajstić information content (AvgIpc) is 2.55. The molecule has 124 valence electrons. The molecule has 2 N–H and O–H groups in total. The van der Waals surface area contributed by atoms with Crippen LogP contribution in [0.5, 0.6) is 0 Å². The van der Waals surface area contributed by atoms with Crippen molar-refractivity contribution in [3.05, 3.63) is 39.9 Å². The van der Waals surface area contributed by atoms with E-state index in [1.165, 1.54) is 12.1 Å². The second-order valence-electron chi connectivity index (χ2n) is 5.86. The Labute approximate surface area is 133 Å². The van der Waals surface area contributed by atoms with Crippen molar-refractivity contribution >= 4 is 17.6 Å². The van der Waals surface area contributed by atoms with E-state index in [1.54, 1.807) is 12.1 Å². The number of rotatable bonds is 6. The van der Waals surface area contributed by atoms with E-state index in [4.69, 9.17) is 5.11 Å². The minimum absolute atomic E-state index is 0.0414. The van der Waals surface area contributed by atoms with E-state index in [0.717, 1.165) is 18.4 Å². The second kappa shape index (κ2) is 7.71. The third-order valence-corrected chi connectivity index (χ3v) is 4.25. The van der Waals surface area contributed by atoms with Crippen molar-refractivity contribution in [1.82, 2.24) is 5.32 Å². The first-order chi connectivity index (χ1) is 11.0. The molecule has 0 heterocycles. The zero-order chi connectivity index (χ0) is 16.8. The summed E-state index contributed by atoms with van der Waals surface area (Å²) in [6.45, 7) is 0.435. The van der Waals surface area contributed by atoms with Crippen LogP contribution in [-0.2, 0) is 16.0 Å². The van der Waals surface area contributed by atoms with Crippen LogP contribution in [0.25, 0.3) is 0 Å². The zero-order valence-corrected chi connectivity index (χ0v) is 12.7. The number of nitro groups is 1. The van der Waals surface area contributed by atoms with Crippen LogP contribution in [0.4, 0.5) is 5.69 Å². The molecule has 2 rings (SSSR count). The fourth-order valence-corrected chi connectivity index (χ4v) is 2.91. The van der Waals surface area contributed by atoms with Crippen molar-refractivity contribution < 1.29 is 19.6 Å². The number of carboxylic acid groups (broad SMARTS) is 1. The van der Waals surface area contributed by atoms with Gasteiger partial charge in [-0.3, -0.25) is 19.7 Å². The van der Waals surface area contributed by atoms with Gasteiger partial charge in [0, 0.05) is 24.6 Å². The molecule has 23 heavy (non-hydrogen) atoms. The molecule has 1 aromatic rings. The Morgan fingerprint density at radius 2 is 1.87 bits per heavy atom. The summed E-state index contributed by atoms with van der Waals surface area (Å²) >= 11 is 0. The summed E-state index contributed by atoms with van der Waals surface area (Å²) in [4.78, 5) is 33.2. The number of carbonyl (C=O) groups excluding carboxylic acids is 1. The number of nitrogens with zero attached hydrogens (tertiary/aromatic N) is 1. The number of benzene rings is 1. The van der Waals surface area contributed by atoms with E-state index in [0.29, 0.717) is 25.8 Å². The summed E-state index contributed by atoms with van der Waals surface area (Å²) in [6, 6.07) is 6.22. The quantitative estimate of drug-likeness (QED) is 0.616. The number of nitrogens with one attached hydrogen (secondary N) is 1. The van der Waals surface area contributed by atoms with Crippen LogP contribution in [0.2, 0.25) is 0 Å². The molecule has 0 aromatic heterocycles. The first-order valence-electron chi connectivity index (χ1n) is 7.71.